The van der Waals surface area contributed by atoms with Gasteiger partial charge in [0.15, 0.2) is 5.65 Å². The van der Waals surface area contributed by atoms with Crippen LogP contribution in [0.4, 0.5) is 8.78 Å². The van der Waals surface area contributed by atoms with E-state index in [2.05, 4.69) is 24.9 Å². The van der Waals surface area contributed by atoms with E-state index in [0.717, 1.165) is 18.5 Å². The van der Waals surface area contributed by atoms with Gasteiger partial charge in [-0.3, -0.25) is 14.4 Å². The third-order valence-electron chi connectivity index (χ3n) is 6.09. The molecular weight excluding hydrogens is 484 g/mol. The molecule has 0 unspecified atom stereocenters. The van der Waals surface area contributed by atoms with Crippen LogP contribution in [-0.2, 0) is 6.54 Å². The summed E-state index contributed by atoms with van der Waals surface area (Å²) >= 11 is 0. The molecule has 4 heterocycles. The average molecular weight is 514 g/mol. The highest BCUT2D eigenvalue weighted by Gasteiger charge is 2.24. The molecule has 12 heteroatoms. The number of aryl methyl sites for hydroxylation is 1. The number of nitrogens with zero attached hydrogens (tertiary/aromatic N) is 5. The Kier molecular flexibility index (Phi) is 6.54. The zero-order valence-electron chi connectivity index (χ0n) is 20.8. The van der Waals surface area contributed by atoms with E-state index in [1.807, 2.05) is 25.5 Å². The summed E-state index contributed by atoms with van der Waals surface area (Å²) in [6.07, 6.45) is 3.63. The number of hydrogen-bond donors (Lipinski definition) is 3. The molecule has 4 aromatic rings. The number of carbonyl (C=O) groups is 1. The van der Waals surface area contributed by atoms with Gasteiger partial charge in [-0.2, -0.15) is 13.9 Å². The van der Waals surface area contributed by atoms with Gasteiger partial charge in [-0.1, -0.05) is 0 Å². The summed E-state index contributed by atoms with van der Waals surface area (Å²) in [5.41, 5.74) is 2.34. The fraction of sp³-hybridized carbons (Fsp3) is 0.440. The highest BCUT2D eigenvalue weighted by atomic mass is 19.3. The maximum absolute atomic E-state index is 12.9. The number of H-pyrrole nitrogens is 1. The molecule has 1 aromatic carbocycles. The second-order valence-electron chi connectivity index (χ2n) is 10.3. The molecule has 0 radical (unpaired) electrons. The van der Waals surface area contributed by atoms with E-state index in [0.29, 0.717) is 53.1 Å². The van der Waals surface area contributed by atoms with Crippen LogP contribution in [0.5, 0.6) is 5.75 Å². The number of rotatable bonds is 8. The van der Waals surface area contributed by atoms with Crippen molar-refractivity contribution in [2.75, 3.05) is 19.6 Å². The summed E-state index contributed by atoms with van der Waals surface area (Å²) in [5.74, 6) is -0.275. The van der Waals surface area contributed by atoms with Crippen LogP contribution in [-0.4, -0.2) is 78.5 Å². The number of aromatic nitrogens is 5. The van der Waals surface area contributed by atoms with Crippen molar-refractivity contribution < 1.29 is 23.4 Å². The van der Waals surface area contributed by atoms with Crippen LogP contribution in [0.2, 0.25) is 0 Å². The van der Waals surface area contributed by atoms with Gasteiger partial charge in [0.2, 0.25) is 0 Å². The number of alkyl halides is 2. The Labute approximate surface area is 211 Å². The quantitative estimate of drug-likeness (QED) is 0.331. The van der Waals surface area contributed by atoms with Crippen LogP contribution >= 0.6 is 0 Å². The van der Waals surface area contributed by atoms with E-state index < -0.39 is 12.2 Å². The van der Waals surface area contributed by atoms with Crippen molar-refractivity contribution in [1.82, 2.24) is 34.9 Å². The Morgan fingerprint density at radius 3 is 2.78 bits per heavy atom. The minimum Gasteiger partial charge on any atom is -0.435 e. The van der Waals surface area contributed by atoms with E-state index in [-0.39, 0.29) is 17.8 Å². The third kappa shape index (κ3) is 5.39. The fourth-order valence-corrected chi connectivity index (χ4v) is 4.45. The minimum atomic E-state index is -2.96. The second kappa shape index (κ2) is 9.67. The third-order valence-corrected chi connectivity index (χ3v) is 6.09. The van der Waals surface area contributed by atoms with Crippen molar-refractivity contribution in [3.8, 4) is 17.1 Å². The molecule has 37 heavy (non-hydrogen) atoms. The number of halogens is 2. The highest BCUT2D eigenvalue weighted by Crippen LogP contribution is 2.31. The van der Waals surface area contributed by atoms with E-state index in [1.54, 1.807) is 18.5 Å². The number of likely N-dealkylation sites (tertiary alicyclic amines) is 1. The lowest BCUT2D eigenvalue weighted by molar-refractivity contribution is -0.0497. The topological polar surface area (TPSA) is 121 Å². The Balaban J connectivity index is 1.52. The molecule has 1 amide bonds. The Bertz CT molecular complexity index is 1440. The van der Waals surface area contributed by atoms with Crippen molar-refractivity contribution in [2.45, 2.75) is 52.0 Å². The Morgan fingerprint density at radius 2 is 2.08 bits per heavy atom. The number of aromatic amines is 1. The first kappa shape index (κ1) is 25.0. The van der Waals surface area contributed by atoms with Gasteiger partial charge in [0.1, 0.15) is 22.7 Å². The molecule has 0 atom stereocenters. The predicted octanol–water partition coefficient (Wildman–Crippen LogP) is 3.17. The number of amides is 1. The summed E-state index contributed by atoms with van der Waals surface area (Å²) < 4.78 is 32.2. The van der Waals surface area contributed by atoms with Crippen LogP contribution in [0.1, 0.15) is 37.6 Å². The summed E-state index contributed by atoms with van der Waals surface area (Å²) in [6.45, 7) is 5.42. The van der Waals surface area contributed by atoms with Gasteiger partial charge in [-0.05, 0) is 45.4 Å². The molecule has 5 rings (SSSR count). The van der Waals surface area contributed by atoms with Gasteiger partial charge in [0.25, 0.3) is 5.91 Å². The molecule has 1 aliphatic rings. The van der Waals surface area contributed by atoms with Crippen LogP contribution in [0, 0.1) is 0 Å². The maximum Gasteiger partial charge on any atom is 0.387 e. The van der Waals surface area contributed by atoms with Crippen LogP contribution in [0.25, 0.3) is 33.5 Å². The molecule has 1 fully saturated rings. The van der Waals surface area contributed by atoms with Gasteiger partial charge < -0.3 is 20.1 Å². The van der Waals surface area contributed by atoms with Crippen LogP contribution in [0.3, 0.4) is 0 Å². The molecule has 3 aromatic heterocycles. The van der Waals surface area contributed by atoms with Crippen molar-refractivity contribution in [1.29, 1.82) is 0 Å². The lowest BCUT2D eigenvalue weighted by Gasteiger charge is -2.35. The number of hydrogen-bond acceptors (Lipinski definition) is 7. The molecule has 3 N–H and O–H groups in total. The van der Waals surface area contributed by atoms with E-state index >= 15 is 0 Å². The zero-order chi connectivity index (χ0) is 26.3. The van der Waals surface area contributed by atoms with Gasteiger partial charge in [0, 0.05) is 43.3 Å². The van der Waals surface area contributed by atoms with E-state index in [9.17, 15) is 18.7 Å². The molecule has 0 saturated carbocycles. The first-order valence-corrected chi connectivity index (χ1v) is 12.1. The van der Waals surface area contributed by atoms with Gasteiger partial charge >= 0.3 is 6.61 Å². The molecule has 196 valence electrons. The van der Waals surface area contributed by atoms with Crippen molar-refractivity contribution in [2.24, 2.45) is 0 Å². The number of aliphatic hydroxyl groups is 1. The fourth-order valence-electron chi connectivity index (χ4n) is 4.45. The lowest BCUT2D eigenvalue weighted by atomic mass is 10.1. The normalized spacial score (nSPS) is 15.0. The van der Waals surface area contributed by atoms with Gasteiger partial charge in [-0.15, -0.1) is 0 Å². The highest BCUT2D eigenvalue weighted by molar-refractivity contribution is 6.05. The number of nitrogens with one attached hydrogen (secondary N) is 2. The van der Waals surface area contributed by atoms with Gasteiger partial charge in [0.05, 0.1) is 23.4 Å². The molecule has 0 aliphatic carbocycles. The average Bonchev–Trinajstić information content (AvgIpc) is 3.37. The monoisotopic (exact) mass is 513 g/mol. The molecule has 1 aliphatic heterocycles. The van der Waals surface area contributed by atoms with Crippen LogP contribution in [0.15, 0.2) is 30.6 Å². The van der Waals surface area contributed by atoms with E-state index in [4.69, 9.17) is 10.1 Å². The van der Waals surface area contributed by atoms with Gasteiger partial charge in [-0.25, -0.2) is 9.97 Å². The molecule has 0 bridgehead atoms. The number of fused-ring (bicyclic) bond motifs is 2. The summed E-state index contributed by atoms with van der Waals surface area (Å²) in [6, 6.07) is 4.70. The lowest BCUT2D eigenvalue weighted by Crippen LogP contribution is -2.50. The zero-order valence-corrected chi connectivity index (χ0v) is 20.8. The SMILES string of the molecule is CC(C)(C)NC(=O)c1c[nH]c2ncc(-c3nn(CCCN4CC(O)C4)c4ccc(OC(F)F)cc34)nc12. The summed E-state index contributed by atoms with van der Waals surface area (Å²) in [4.78, 5) is 27.1. The molecule has 10 nitrogen and oxygen atoms in total. The largest absolute Gasteiger partial charge is 0.435 e. The van der Waals surface area contributed by atoms with E-state index in [1.165, 1.54) is 12.1 Å². The molecule has 0 spiro atoms. The minimum absolute atomic E-state index is 0.0128. The molecule has 1 saturated heterocycles. The number of ether oxygens (including phenoxy) is 1. The standard InChI is InChI=1S/C25H29F2N7O3/c1-25(2,3)31-23(36)17-10-28-22-21(17)30-18(11-29-22)20-16-9-15(37-24(26)27)5-6-19(16)34(32-20)8-4-7-33-12-14(35)13-33/h5-6,9-11,14,24,35H,4,7-8,12-13H2,1-3H3,(H,28,29)(H,31,36). The number of aliphatic hydroxyl groups excluding tert-OH is 1. The number of benzene rings is 1. The second-order valence-corrected chi connectivity index (χ2v) is 10.3. The Morgan fingerprint density at radius 1 is 1.30 bits per heavy atom. The predicted molar refractivity (Wildman–Crippen MR) is 134 cm³/mol. The summed E-state index contributed by atoms with van der Waals surface area (Å²) in [5, 5.41) is 17.8. The number of β-amino-alcohol motifs (C(OH)–C–C–N with tert-alkyl or cyclic N) is 1. The first-order valence-electron chi connectivity index (χ1n) is 12.1. The van der Waals surface area contributed by atoms with Crippen molar-refractivity contribution in [3.63, 3.8) is 0 Å². The number of carbonyl (C=O) groups excluding carboxylic acids is 1. The Hall–Kier alpha value is -3.64. The molecular formula is C25H29F2N7O3. The van der Waals surface area contributed by atoms with Crippen molar-refractivity contribution >= 4 is 28.0 Å². The smallest absolute Gasteiger partial charge is 0.387 e. The first-order chi connectivity index (χ1) is 17.6. The van der Waals surface area contributed by atoms with Crippen molar-refractivity contribution in [3.05, 3.63) is 36.2 Å². The maximum atomic E-state index is 12.9. The van der Waals surface area contributed by atoms with Crippen LogP contribution < -0.4 is 10.1 Å². The summed E-state index contributed by atoms with van der Waals surface area (Å²) in [7, 11) is 0.